The molecule has 2 unspecified atom stereocenters. The number of methoxy groups -OCH3 is 1. The fourth-order valence-electron chi connectivity index (χ4n) is 2.13. The number of benzene rings is 1. The van der Waals surface area contributed by atoms with Crippen molar-refractivity contribution in [2.75, 3.05) is 13.7 Å². The Hall–Kier alpha value is -1.14. The summed E-state index contributed by atoms with van der Waals surface area (Å²) >= 11 is 3.14. The predicted octanol–water partition coefficient (Wildman–Crippen LogP) is 2.33. The SMILES string of the molecule is COc1ccc(C2CC(C(=O)O)CN2)c(F)c1Br. The Morgan fingerprint density at radius 3 is 2.89 bits per heavy atom. The summed E-state index contributed by atoms with van der Waals surface area (Å²) in [7, 11) is 1.47. The Balaban J connectivity index is 2.25. The Morgan fingerprint density at radius 1 is 1.61 bits per heavy atom. The van der Waals surface area contributed by atoms with Crippen molar-refractivity contribution in [2.24, 2.45) is 5.92 Å². The van der Waals surface area contributed by atoms with Gasteiger partial charge in [-0.15, -0.1) is 0 Å². The summed E-state index contributed by atoms with van der Waals surface area (Å²) in [5.41, 5.74) is 0.464. The van der Waals surface area contributed by atoms with Crippen LogP contribution in [-0.2, 0) is 4.79 Å². The van der Waals surface area contributed by atoms with E-state index in [1.165, 1.54) is 7.11 Å². The molecule has 6 heteroatoms. The van der Waals surface area contributed by atoms with Gasteiger partial charge in [-0.1, -0.05) is 6.07 Å². The maximum absolute atomic E-state index is 14.1. The molecule has 18 heavy (non-hydrogen) atoms. The smallest absolute Gasteiger partial charge is 0.307 e. The van der Waals surface area contributed by atoms with Gasteiger partial charge in [-0.3, -0.25) is 4.79 Å². The molecule has 0 aromatic heterocycles. The topological polar surface area (TPSA) is 58.6 Å². The highest BCUT2D eigenvalue weighted by molar-refractivity contribution is 9.10. The summed E-state index contributed by atoms with van der Waals surface area (Å²) < 4.78 is 19.4. The molecule has 0 aliphatic carbocycles. The first-order valence-electron chi connectivity index (χ1n) is 5.52. The molecule has 4 nitrogen and oxygen atoms in total. The van der Waals surface area contributed by atoms with Crippen LogP contribution in [-0.4, -0.2) is 24.7 Å². The van der Waals surface area contributed by atoms with E-state index in [0.717, 1.165) is 0 Å². The average Bonchev–Trinajstić information content (AvgIpc) is 2.82. The van der Waals surface area contributed by atoms with Gasteiger partial charge in [-0.05, 0) is 28.4 Å². The van der Waals surface area contributed by atoms with Crippen molar-refractivity contribution in [3.05, 3.63) is 28.0 Å². The molecule has 0 radical (unpaired) electrons. The quantitative estimate of drug-likeness (QED) is 0.898. The van der Waals surface area contributed by atoms with Crippen LogP contribution in [0.25, 0.3) is 0 Å². The molecule has 1 saturated heterocycles. The van der Waals surface area contributed by atoms with Gasteiger partial charge in [0.1, 0.15) is 11.6 Å². The number of carboxylic acid groups (broad SMARTS) is 1. The average molecular weight is 318 g/mol. The van der Waals surface area contributed by atoms with Gasteiger partial charge in [0.25, 0.3) is 0 Å². The molecule has 2 N–H and O–H groups in total. The van der Waals surface area contributed by atoms with E-state index in [-0.39, 0.29) is 10.5 Å². The van der Waals surface area contributed by atoms with E-state index in [1.807, 2.05) is 0 Å². The third kappa shape index (κ3) is 2.35. The third-order valence-corrected chi connectivity index (χ3v) is 3.89. The summed E-state index contributed by atoms with van der Waals surface area (Å²) in [4.78, 5) is 10.9. The Labute approximate surface area is 112 Å². The molecule has 1 aromatic rings. The lowest BCUT2D eigenvalue weighted by atomic mass is 9.99. The molecule has 0 saturated carbocycles. The zero-order valence-electron chi connectivity index (χ0n) is 9.74. The molecule has 1 fully saturated rings. The van der Waals surface area contributed by atoms with Crippen molar-refractivity contribution in [2.45, 2.75) is 12.5 Å². The maximum Gasteiger partial charge on any atom is 0.307 e. The number of carbonyl (C=O) groups is 1. The van der Waals surface area contributed by atoms with Gasteiger partial charge in [0.2, 0.25) is 0 Å². The van der Waals surface area contributed by atoms with Crippen molar-refractivity contribution >= 4 is 21.9 Å². The van der Waals surface area contributed by atoms with Crippen LogP contribution in [0.1, 0.15) is 18.0 Å². The lowest BCUT2D eigenvalue weighted by molar-refractivity contribution is -0.141. The summed E-state index contributed by atoms with van der Waals surface area (Å²) in [6.45, 7) is 0.364. The summed E-state index contributed by atoms with van der Waals surface area (Å²) in [6.07, 6.45) is 0.394. The van der Waals surface area contributed by atoms with Crippen molar-refractivity contribution < 1.29 is 19.0 Å². The molecule has 2 rings (SSSR count). The predicted molar refractivity (Wildman–Crippen MR) is 67.1 cm³/mol. The van der Waals surface area contributed by atoms with Gasteiger partial charge in [0.05, 0.1) is 17.5 Å². The number of rotatable bonds is 3. The number of aliphatic carboxylic acids is 1. The standard InChI is InChI=1S/C12H13BrFNO3/c1-18-9-3-2-7(11(14)10(9)13)8-4-6(5-15-8)12(16)17/h2-3,6,8,15H,4-5H2,1H3,(H,16,17). The lowest BCUT2D eigenvalue weighted by Crippen LogP contribution is -2.17. The molecule has 2 atom stereocenters. The first-order chi connectivity index (χ1) is 8.54. The van der Waals surface area contributed by atoms with Gasteiger partial charge in [-0.25, -0.2) is 4.39 Å². The van der Waals surface area contributed by atoms with Crippen LogP contribution in [0.5, 0.6) is 5.75 Å². The summed E-state index contributed by atoms with van der Waals surface area (Å²) in [6, 6.07) is 3.02. The highest BCUT2D eigenvalue weighted by atomic mass is 79.9. The minimum atomic E-state index is -0.849. The van der Waals surface area contributed by atoms with Crippen molar-refractivity contribution in [3.63, 3.8) is 0 Å². The zero-order chi connectivity index (χ0) is 13.3. The van der Waals surface area contributed by atoms with Crippen LogP contribution >= 0.6 is 15.9 Å². The van der Waals surface area contributed by atoms with Crippen LogP contribution in [0.2, 0.25) is 0 Å². The molecule has 1 aliphatic heterocycles. The second-order valence-electron chi connectivity index (χ2n) is 4.22. The zero-order valence-corrected chi connectivity index (χ0v) is 11.3. The molecule has 1 heterocycles. The fourth-order valence-corrected chi connectivity index (χ4v) is 2.66. The highest BCUT2D eigenvalue weighted by Gasteiger charge is 2.32. The van der Waals surface area contributed by atoms with E-state index >= 15 is 0 Å². The number of ether oxygens (including phenoxy) is 1. The molecule has 0 amide bonds. The molecular weight excluding hydrogens is 305 g/mol. The van der Waals surface area contributed by atoms with Gasteiger partial charge in [-0.2, -0.15) is 0 Å². The second kappa shape index (κ2) is 5.24. The van der Waals surface area contributed by atoms with Crippen LogP contribution in [0, 0.1) is 11.7 Å². The Morgan fingerprint density at radius 2 is 2.33 bits per heavy atom. The van der Waals surface area contributed by atoms with E-state index in [9.17, 15) is 9.18 Å². The third-order valence-electron chi connectivity index (χ3n) is 3.15. The summed E-state index contributed by atoms with van der Waals surface area (Å²) in [5.74, 6) is -1.30. The first-order valence-corrected chi connectivity index (χ1v) is 6.32. The Kier molecular flexibility index (Phi) is 3.87. The number of nitrogens with one attached hydrogen (secondary N) is 1. The number of hydrogen-bond acceptors (Lipinski definition) is 3. The van der Waals surface area contributed by atoms with Crippen LogP contribution < -0.4 is 10.1 Å². The molecule has 1 aliphatic rings. The van der Waals surface area contributed by atoms with E-state index in [1.54, 1.807) is 12.1 Å². The normalized spacial score (nSPS) is 23.1. The minimum absolute atomic E-state index is 0.267. The lowest BCUT2D eigenvalue weighted by Gasteiger charge is -2.14. The Bertz CT molecular complexity index is 481. The fraction of sp³-hybridized carbons (Fsp3) is 0.417. The van der Waals surface area contributed by atoms with E-state index < -0.39 is 17.7 Å². The molecule has 1 aromatic carbocycles. The minimum Gasteiger partial charge on any atom is -0.495 e. The van der Waals surface area contributed by atoms with Crippen molar-refractivity contribution in [1.29, 1.82) is 0 Å². The van der Waals surface area contributed by atoms with Crippen molar-refractivity contribution in [1.82, 2.24) is 5.32 Å². The van der Waals surface area contributed by atoms with E-state index in [2.05, 4.69) is 21.2 Å². The van der Waals surface area contributed by atoms with Crippen molar-refractivity contribution in [3.8, 4) is 5.75 Å². The monoisotopic (exact) mass is 317 g/mol. The molecule has 0 bridgehead atoms. The van der Waals surface area contributed by atoms with Gasteiger partial charge < -0.3 is 15.2 Å². The molecular formula is C12H13BrFNO3. The number of hydrogen-bond donors (Lipinski definition) is 2. The molecule has 0 spiro atoms. The maximum atomic E-state index is 14.1. The largest absolute Gasteiger partial charge is 0.495 e. The van der Waals surface area contributed by atoms with E-state index in [0.29, 0.717) is 24.3 Å². The van der Waals surface area contributed by atoms with Crippen LogP contribution in [0.15, 0.2) is 16.6 Å². The van der Waals surface area contributed by atoms with E-state index in [4.69, 9.17) is 9.84 Å². The van der Waals surface area contributed by atoms with Gasteiger partial charge in [0.15, 0.2) is 0 Å². The second-order valence-corrected chi connectivity index (χ2v) is 5.01. The van der Waals surface area contributed by atoms with Gasteiger partial charge in [0, 0.05) is 18.2 Å². The number of halogens is 2. The summed E-state index contributed by atoms with van der Waals surface area (Å²) in [5, 5.41) is 11.9. The van der Waals surface area contributed by atoms with Crippen LogP contribution in [0.3, 0.4) is 0 Å². The first kappa shape index (κ1) is 13.3. The highest BCUT2D eigenvalue weighted by Crippen LogP contribution is 2.35. The van der Waals surface area contributed by atoms with Crippen LogP contribution in [0.4, 0.5) is 4.39 Å². The van der Waals surface area contributed by atoms with Gasteiger partial charge >= 0.3 is 5.97 Å². The molecule has 98 valence electrons. The number of carboxylic acids is 1.